The molecule has 1 fully saturated rings. The zero-order valence-corrected chi connectivity index (χ0v) is 11.1. The number of piperidine rings is 1. The van der Waals surface area contributed by atoms with Crippen LogP contribution in [0.4, 0.5) is 5.82 Å². The van der Waals surface area contributed by atoms with Crippen LogP contribution in [0.15, 0.2) is 18.2 Å². The van der Waals surface area contributed by atoms with Gasteiger partial charge < -0.3 is 10.6 Å². The van der Waals surface area contributed by atoms with Gasteiger partial charge in [0, 0.05) is 5.69 Å². The van der Waals surface area contributed by atoms with Crippen LogP contribution in [0.25, 0.3) is 0 Å². The SMILES string of the molecule is CCC1CCNC(C(=O)Nc2cccc(C)n2)C1. The Kier molecular flexibility index (Phi) is 4.31. The lowest BCUT2D eigenvalue weighted by Crippen LogP contribution is -2.46. The van der Waals surface area contributed by atoms with E-state index in [0.29, 0.717) is 11.7 Å². The molecular weight excluding hydrogens is 226 g/mol. The average molecular weight is 247 g/mol. The van der Waals surface area contributed by atoms with E-state index < -0.39 is 0 Å². The van der Waals surface area contributed by atoms with Crippen LogP contribution in [-0.2, 0) is 4.79 Å². The van der Waals surface area contributed by atoms with Crippen molar-refractivity contribution in [1.29, 1.82) is 0 Å². The number of pyridine rings is 1. The van der Waals surface area contributed by atoms with Crippen LogP contribution in [0.3, 0.4) is 0 Å². The van der Waals surface area contributed by atoms with Crippen molar-refractivity contribution in [2.24, 2.45) is 5.92 Å². The summed E-state index contributed by atoms with van der Waals surface area (Å²) in [6.07, 6.45) is 3.24. The molecule has 1 aromatic heterocycles. The predicted molar refractivity (Wildman–Crippen MR) is 72.4 cm³/mol. The Hall–Kier alpha value is -1.42. The second-order valence-corrected chi connectivity index (χ2v) is 4.96. The van der Waals surface area contributed by atoms with E-state index in [1.165, 1.54) is 6.42 Å². The van der Waals surface area contributed by atoms with Crippen molar-refractivity contribution in [2.45, 2.75) is 39.2 Å². The molecule has 0 bridgehead atoms. The van der Waals surface area contributed by atoms with Gasteiger partial charge in [0.15, 0.2) is 0 Å². The number of anilines is 1. The van der Waals surface area contributed by atoms with Gasteiger partial charge in [-0.25, -0.2) is 4.98 Å². The molecule has 1 saturated heterocycles. The maximum atomic E-state index is 12.1. The zero-order valence-electron chi connectivity index (χ0n) is 11.1. The molecule has 18 heavy (non-hydrogen) atoms. The molecule has 2 heterocycles. The maximum absolute atomic E-state index is 12.1. The summed E-state index contributed by atoms with van der Waals surface area (Å²) in [7, 11) is 0. The predicted octanol–water partition coefficient (Wildman–Crippen LogP) is 2.11. The van der Waals surface area contributed by atoms with Crippen LogP contribution in [0.5, 0.6) is 0 Å². The molecule has 2 rings (SSSR count). The molecule has 2 N–H and O–H groups in total. The van der Waals surface area contributed by atoms with E-state index in [-0.39, 0.29) is 11.9 Å². The number of aromatic nitrogens is 1. The first-order valence-corrected chi connectivity index (χ1v) is 6.67. The highest BCUT2D eigenvalue weighted by atomic mass is 16.2. The Labute approximate surface area is 108 Å². The van der Waals surface area contributed by atoms with Crippen molar-refractivity contribution in [1.82, 2.24) is 10.3 Å². The minimum Gasteiger partial charge on any atom is -0.309 e. The summed E-state index contributed by atoms with van der Waals surface area (Å²) in [6.45, 7) is 5.03. The highest BCUT2D eigenvalue weighted by molar-refractivity contribution is 5.94. The van der Waals surface area contributed by atoms with Gasteiger partial charge in [0.1, 0.15) is 5.82 Å². The number of nitrogens with one attached hydrogen (secondary N) is 2. The summed E-state index contributed by atoms with van der Waals surface area (Å²) in [4.78, 5) is 16.4. The fraction of sp³-hybridized carbons (Fsp3) is 0.571. The first-order chi connectivity index (χ1) is 8.69. The quantitative estimate of drug-likeness (QED) is 0.860. The molecular formula is C14H21N3O. The molecule has 1 amide bonds. The molecule has 0 aliphatic carbocycles. The van der Waals surface area contributed by atoms with Crippen molar-refractivity contribution in [3.63, 3.8) is 0 Å². The average Bonchev–Trinajstić information content (AvgIpc) is 2.39. The summed E-state index contributed by atoms with van der Waals surface area (Å²) in [5, 5.41) is 6.16. The molecule has 4 heteroatoms. The minimum absolute atomic E-state index is 0.0336. The third-order valence-electron chi connectivity index (χ3n) is 3.55. The van der Waals surface area contributed by atoms with Crippen LogP contribution in [-0.4, -0.2) is 23.5 Å². The van der Waals surface area contributed by atoms with Gasteiger partial charge >= 0.3 is 0 Å². The second kappa shape index (κ2) is 5.96. The van der Waals surface area contributed by atoms with Crippen molar-refractivity contribution in [3.05, 3.63) is 23.9 Å². The molecule has 0 aromatic carbocycles. The van der Waals surface area contributed by atoms with E-state index in [1.54, 1.807) is 0 Å². The minimum atomic E-state index is -0.0778. The first-order valence-electron chi connectivity index (χ1n) is 6.67. The van der Waals surface area contributed by atoms with Gasteiger partial charge in [0.25, 0.3) is 0 Å². The Morgan fingerprint density at radius 2 is 2.39 bits per heavy atom. The normalized spacial score (nSPS) is 23.7. The molecule has 1 aliphatic heterocycles. The first kappa shape index (κ1) is 13.0. The van der Waals surface area contributed by atoms with E-state index >= 15 is 0 Å². The van der Waals surface area contributed by atoms with Crippen LogP contribution in [0.2, 0.25) is 0 Å². The van der Waals surface area contributed by atoms with Gasteiger partial charge in [0.2, 0.25) is 5.91 Å². The number of amides is 1. The molecule has 0 spiro atoms. The number of hydrogen-bond donors (Lipinski definition) is 2. The second-order valence-electron chi connectivity index (χ2n) is 4.96. The van der Waals surface area contributed by atoms with Gasteiger partial charge in [-0.05, 0) is 44.4 Å². The van der Waals surface area contributed by atoms with E-state index in [1.807, 2.05) is 25.1 Å². The molecule has 98 valence electrons. The molecule has 2 unspecified atom stereocenters. The number of hydrogen-bond acceptors (Lipinski definition) is 3. The number of rotatable bonds is 3. The summed E-state index contributed by atoms with van der Waals surface area (Å²) < 4.78 is 0. The third-order valence-corrected chi connectivity index (χ3v) is 3.55. The number of carbonyl (C=O) groups excluding carboxylic acids is 1. The van der Waals surface area contributed by atoms with Crippen LogP contribution in [0, 0.1) is 12.8 Å². The van der Waals surface area contributed by atoms with Gasteiger partial charge in [-0.15, -0.1) is 0 Å². The Balaban J connectivity index is 1.95. The van der Waals surface area contributed by atoms with Crippen molar-refractivity contribution in [2.75, 3.05) is 11.9 Å². The van der Waals surface area contributed by atoms with E-state index in [4.69, 9.17) is 0 Å². The molecule has 2 atom stereocenters. The van der Waals surface area contributed by atoms with Crippen LogP contribution >= 0.6 is 0 Å². The molecule has 1 aliphatic rings. The van der Waals surface area contributed by atoms with Crippen molar-refractivity contribution in [3.8, 4) is 0 Å². The lowest BCUT2D eigenvalue weighted by atomic mass is 9.90. The van der Waals surface area contributed by atoms with E-state index in [9.17, 15) is 4.79 Å². The molecule has 1 aromatic rings. The fourth-order valence-electron chi connectivity index (χ4n) is 2.39. The van der Waals surface area contributed by atoms with Crippen molar-refractivity contribution >= 4 is 11.7 Å². The van der Waals surface area contributed by atoms with Crippen LogP contribution in [0.1, 0.15) is 31.9 Å². The summed E-state index contributed by atoms with van der Waals surface area (Å²) in [5.41, 5.74) is 0.913. The monoisotopic (exact) mass is 247 g/mol. The lowest BCUT2D eigenvalue weighted by molar-refractivity contribution is -0.119. The highest BCUT2D eigenvalue weighted by Crippen LogP contribution is 2.20. The van der Waals surface area contributed by atoms with Crippen molar-refractivity contribution < 1.29 is 4.79 Å². The number of carbonyl (C=O) groups is 1. The lowest BCUT2D eigenvalue weighted by Gasteiger charge is -2.28. The topological polar surface area (TPSA) is 54.0 Å². The molecule has 4 nitrogen and oxygen atoms in total. The van der Waals surface area contributed by atoms with Gasteiger partial charge in [-0.1, -0.05) is 19.4 Å². The van der Waals surface area contributed by atoms with Gasteiger partial charge in [0.05, 0.1) is 6.04 Å². The fourth-order valence-corrected chi connectivity index (χ4v) is 2.39. The van der Waals surface area contributed by atoms with E-state index in [0.717, 1.165) is 25.1 Å². The Morgan fingerprint density at radius 3 is 3.11 bits per heavy atom. The van der Waals surface area contributed by atoms with E-state index in [2.05, 4.69) is 22.5 Å². The molecule has 0 radical (unpaired) electrons. The van der Waals surface area contributed by atoms with Crippen LogP contribution < -0.4 is 10.6 Å². The summed E-state index contributed by atoms with van der Waals surface area (Å²) in [5.74, 6) is 1.33. The number of aryl methyl sites for hydroxylation is 1. The van der Waals surface area contributed by atoms with Gasteiger partial charge in [-0.3, -0.25) is 4.79 Å². The third kappa shape index (κ3) is 3.29. The standard InChI is InChI=1S/C14H21N3O/c1-3-11-7-8-15-12(9-11)14(18)17-13-6-4-5-10(2)16-13/h4-6,11-12,15H,3,7-9H2,1-2H3,(H,16,17,18). The summed E-state index contributed by atoms with van der Waals surface area (Å²) in [6, 6.07) is 5.57. The zero-order chi connectivity index (χ0) is 13.0. The smallest absolute Gasteiger partial charge is 0.242 e. The largest absolute Gasteiger partial charge is 0.309 e. The Bertz CT molecular complexity index is 419. The number of nitrogens with zero attached hydrogens (tertiary/aromatic N) is 1. The van der Waals surface area contributed by atoms with Gasteiger partial charge in [-0.2, -0.15) is 0 Å². The molecule has 0 saturated carbocycles. The summed E-state index contributed by atoms with van der Waals surface area (Å²) >= 11 is 0. The highest BCUT2D eigenvalue weighted by Gasteiger charge is 2.25. The Morgan fingerprint density at radius 1 is 1.56 bits per heavy atom. The maximum Gasteiger partial charge on any atom is 0.242 e.